The lowest BCUT2D eigenvalue weighted by Crippen LogP contribution is -2.41. The van der Waals surface area contributed by atoms with Gasteiger partial charge in [0.15, 0.2) is 0 Å². The number of unbranched alkanes of at least 4 members (excludes halogenated alkanes) is 4. The summed E-state index contributed by atoms with van der Waals surface area (Å²) in [7, 11) is 0.306. The largest absolute Gasteiger partial charge is 0.748 e. The Kier molecular flexibility index (Phi) is 8.00. The smallest absolute Gasteiger partial charge is 0.0945 e. The van der Waals surface area contributed by atoms with E-state index >= 15 is 0 Å². The molecule has 0 saturated carbocycles. The van der Waals surface area contributed by atoms with Crippen molar-refractivity contribution in [1.29, 1.82) is 0 Å². The van der Waals surface area contributed by atoms with E-state index < -0.39 is 10.1 Å². The first-order valence-corrected chi connectivity index (χ1v) is 8.10. The van der Waals surface area contributed by atoms with Gasteiger partial charge in [-0.25, -0.2) is 8.42 Å². The second kappa shape index (κ2) is 8.06. The number of quaternary nitrogens is 1. The van der Waals surface area contributed by atoms with Crippen LogP contribution in [0, 0.1) is 0 Å². The lowest BCUT2D eigenvalue weighted by Gasteiger charge is -2.30. The second-order valence-electron chi connectivity index (χ2n) is 5.41. The van der Waals surface area contributed by atoms with Gasteiger partial charge in [-0.1, -0.05) is 19.8 Å². The van der Waals surface area contributed by atoms with E-state index in [1.54, 1.807) is 0 Å². The predicted octanol–water partition coefficient (Wildman–Crippen LogP) is 1.97. The molecule has 0 atom stereocenters. The summed E-state index contributed by atoms with van der Waals surface area (Å²) in [4.78, 5) is 0. The highest BCUT2D eigenvalue weighted by molar-refractivity contribution is 7.85. The summed E-state index contributed by atoms with van der Waals surface area (Å²) in [6.07, 6.45) is 6.32. The summed E-state index contributed by atoms with van der Waals surface area (Å²) < 4.78 is 32.2. The number of hydrogen-bond donors (Lipinski definition) is 0. The molecule has 0 aromatic rings. The Bertz CT molecular complexity index is 286. The van der Waals surface area contributed by atoms with Crippen LogP contribution in [0.25, 0.3) is 0 Å². The molecule has 17 heavy (non-hydrogen) atoms. The topological polar surface area (TPSA) is 57.2 Å². The van der Waals surface area contributed by atoms with Crippen molar-refractivity contribution in [2.24, 2.45) is 0 Å². The summed E-state index contributed by atoms with van der Waals surface area (Å²) in [6, 6.07) is 0. The quantitative estimate of drug-likeness (QED) is 0.345. The van der Waals surface area contributed by atoms with Crippen LogP contribution in [0.4, 0.5) is 0 Å². The molecule has 0 aliphatic carbocycles. The third kappa shape index (κ3) is 12.1. The molecular weight excluding hydrogens is 238 g/mol. The Hall–Kier alpha value is -0.130. The fraction of sp³-hybridized carbons (Fsp3) is 1.00. The molecular formula is C12H27NO3S. The van der Waals surface area contributed by atoms with Gasteiger partial charge in [0.2, 0.25) is 0 Å². The van der Waals surface area contributed by atoms with Crippen molar-refractivity contribution < 1.29 is 17.5 Å². The summed E-state index contributed by atoms with van der Waals surface area (Å²) >= 11 is 0. The SMILES string of the molecule is CCCCCC[N+](C)(C)CCCCS(=O)(=O)[O-]. The first kappa shape index (κ1) is 16.9. The highest BCUT2D eigenvalue weighted by Crippen LogP contribution is 2.07. The number of rotatable bonds is 10. The zero-order chi connectivity index (χ0) is 13.4. The number of nitrogens with zero attached hydrogens (tertiary/aromatic N) is 1. The van der Waals surface area contributed by atoms with Crippen molar-refractivity contribution >= 4 is 10.1 Å². The highest BCUT2D eigenvalue weighted by Gasteiger charge is 2.13. The molecule has 104 valence electrons. The lowest BCUT2D eigenvalue weighted by molar-refractivity contribution is -0.890. The molecule has 0 aliphatic heterocycles. The third-order valence-corrected chi connectivity index (χ3v) is 3.81. The Morgan fingerprint density at radius 1 is 0.941 bits per heavy atom. The Morgan fingerprint density at radius 2 is 1.47 bits per heavy atom. The maximum atomic E-state index is 10.4. The van der Waals surface area contributed by atoms with E-state index in [1.165, 1.54) is 25.7 Å². The molecule has 0 aromatic heterocycles. The van der Waals surface area contributed by atoms with Crippen LogP contribution in [-0.2, 0) is 10.1 Å². The number of hydrogen-bond acceptors (Lipinski definition) is 3. The summed E-state index contributed by atoms with van der Waals surface area (Å²) in [6.45, 7) is 4.27. The third-order valence-electron chi connectivity index (χ3n) is 3.02. The fourth-order valence-corrected chi connectivity index (χ4v) is 2.45. The summed E-state index contributed by atoms with van der Waals surface area (Å²) in [5.41, 5.74) is 0. The van der Waals surface area contributed by atoms with Gasteiger partial charge in [0.05, 0.1) is 37.3 Å². The molecule has 0 saturated heterocycles. The maximum absolute atomic E-state index is 10.4. The Labute approximate surface area is 106 Å². The van der Waals surface area contributed by atoms with Crippen LogP contribution in [-0.4, -0.2) is 50.4 Å². The van der Waals surface area contributed by atoms with E-state index in [9.17, 15) is 13.0 Å². The van der Waals surface area contributed by atoms with Gasteiger partial charge in [-0.15, -0.1) is 0 Å². The van der Waals surface area contributed by atoms with Gasteiger partial charge in [-0.2, -0.15) is 0 Å². The van der Waals surface area contributed by atoms with Crippen molar-refractivity contribution in [3.8, 4) is 0 Å². The van der Waals surface area contributed by atoms with Crippen molar-refractivity contribution in [3.05, 3.63) is 0 Å². The van der Waals surface area contributed by atoms with Crippen molar-refractivity contribution in [3.63, 3.8) is 0 Å². The Balaban J connectivity index is 3.63. The van der Waals surface area contributed by atoms with Crippen molar-refractivity contribution in [2.75, 3.05) is 32.9 Å². The molecule has 0 unspecified atom stereocenters. The molecule has 5 heteroatoms. The van der Waals surface area contributed by atoms with Gasteiger partial charge >= 0.3 is 0 Å². The molecule has 0 rings (SSSR count). The molecule has 0 aromatic carbocycles. The van der Waals surface area contributed by atoms with Gasteiger partial charge in [-0.3, -0.25) is 0 Å². The minimum atomic E-state index is -4.02. The van der Waals surface area contributed by atoms with Crippen molar-refractivity contribution in [2.45, 2.75) is 45.4 Å². The standard InChI is InChI=1S/C12H27NO3S/c1-4-5-6-7-10-13(2,3)11-8-9-12-17(14,15)16/h4-12H2,1-3H3. The lowest BCUT2D eigenvalue weighted by atomic mass is 10.2. The maximum Gasteiger partial charge on any atom is 0.0945 e. The normalized spacial score (nSPS) is 12.9. The van der Waals surface area contributed by atoms with Crippen LogP contribution in [0.3, 0.4) is 0 Å². The van der Waals surface area contributed by atoms with E-state index in [4.69, 9.17) is 0 Å². The van der Waals surface area contributed by atoms with E-state index in [2.05, 4.69) is 21.0 Å². The minimum absolute atomic E-state index is 0.219. The average molecular weight is 265 g/mol. The summed E-state index contributed by atoms with van der Waals surface area (Å²) in [5.74, 6) is -0.219. The molecule has 0 spiro atoms. The first-order chi connectivity index (χ1) is 7.77. The molecule has 0 amide bonds. The van der Waals surface area contributed by atoms with E-state index in [1.807, 2.05) is 0 Å². The zero-order valence-electron chi connectivity index (χ0n) is 11.4. The monoisotopic (exact) mass is 265 g/mol. The second-order valence-corrected chi connectivity index (χ2v) is 6.94. The van der Waals surface area contributed by atoms with Crippen LogP contribution in [0.2, 0.25) is 0 Å². The molecule has 4 nitrogen and oxygen atoms in total. The van der Waals surface area contributed by atoms with Crippen LogP contribution < -0.4 is 0 Å². The van der Waals surface area contributed by atoms with Crippen LogP contribution in [0.1, 0.15) is 45.4 Å². The van der Waals surface area contributed by atoms with E-state index in [0.717, 1.165) is 24.0 Å². The van der Waals surface area contributed by atoms with Crippen LogP contribution >= 0.6 is 0 Å². The van der Waals surface area contributed by atoms with Gasteiger partial charge < -0.3 is 9.04 Å². The molecule has 0 radical (unpaired) electrons. The van der Waals surface area contributed by atoms with E-state index in [0.29, 0.717) is 6.42 Å². The van der Waals surface area contributed by atoms with Gasteiger partial charge in [0, 0.05) is 5.75 Å². The summed E-state index contributed by atoms with van der Waals surface area (Å²) in [5, 5.41) is 0. The van der Waals surface area contributed by atoms with E-state index in [-0.39, 0.29) is 5.75 Å². The molecule has 0 aliphatic rings. The molecule has 0 fully saturated rings. The molecule has 0 bridgehead atoms. The highest BCUT2D eigenvalue weighted by atomic mass is 32.2. The predicted molar refractivity (Wildman–Crippen MR) is 69.8 cm³/mol. The molecule has 0 N–H and O–H groups in total. The van der Waals surface area contributed by atoms with Gasteiger partial charge in [0.25, 0.3) is 0 Å². The van der Waals surface area contributed by atoms with Crippen LogP contribution in [0.5, 0.6) is 0 Å². The van der Waals surface area contributed by atoms with Gasteiger partial charge in [0.1, 0.15) is 0 Å². The first-order valence-electron chi connectivity index (χ1n) is 6.52. The zero-order valence-corrected chi connectivity index (χ0v) is 12.3. The minimum Gasteiger partial charge on any atom is -0.748 e. The van der Waals surface area contributed by atoms with Crippen molar-refractivity contribution in [1.82, 2.24) is 0 Å². The average Bonchev–Trinajstić information content (AvgIpc) is 2.18. The molecule has 0 heterocycles. The fourth-order valence-electron chi connectivity index (χ4n) is 1.90. The van der Waals surface area contributed by atoms with Gasteiger partial charge in [-0.05, 0) is 25.7 Å². The van der Waals surface area contributed by atoms with Crippen LogP contribution in [0.15, 0.2) is 0 Å². The Morgan fingerprint density at radius 3 is 1.94 bits per heavy atom.